The lowest BCUT2D eigenvalue weighted by atomic mass is 9.88. The molecule has 1 N–H and O–H groups in total. The number of carbonyl (C=O) groups is 1. The molecule has 2 aliphatic heterocycles. The van der Waals surface area contributed by atoms with Gasteiger partial charge in [-0.1, -0.05) is 30.3 Å². The van der Waals surface area contributed by atoms with E-state index < -0.39 is 0 Å². The summed E-state index contributed by atoms with van der Waals surface area (Å²) in [5, 5.41) is 10.3. The lowest BCUT2D eigenvalue weighted by molar-refractivity contribution is -0.135. The molecule has 24 heavy (non-hydrogen) atoms. The van der Waals surface area contributed by atoms with Crippen LogP contribution in [0.4, 0.5) is 0 Å². The van der Waals surface area contributed by atoms with Crippen LogP contribution in [0.25, 0.3) is 0 Å². The first-order valence-corrected chi connectivity index (χ1v) is 9.02. The molecule has 0 bridgehead atoms. The summed E-state index contributed by atoms with van der Waals surface area (Å²) in [6, 6.07) is 10.2. The van der Waals surface area contributed by atoms with Crippen molar-refractivity contribution in [3.63, 3.8) is 0 Å². The van der Waals surface area contributed by atoms with Crippen LogP contribution < -0.4 is 0 Å². The molecule has 0 radical (unpaired) electrons. The maximum Gasteiger partial charge on any atom is 0.223 e. The number of rotatable bonds is 5. The van der Waals surface area contributed by atoms with Gasteiger partial charge in [-0.05, 0) is 18.4 Å². The SMILES string of the molecule is O=C(CCN1CCOCC1)N1CC[C@H](O)[C@H](Cc2ccccc2)C1. The highest BCUT2D eigenvalue weighted by Crippen LogP contribution is 2.22. The molecular formula is C19H28N2O3. The summed E-state index contributed by atoms with van der Waals surface area (Å²) >= 11 is 0. The average Bonchev–Trinajstić information content (AvgIpc) is 2.63. The maximum atomic E-state index is 12.5. The first-order chi connectivity index (χ1) is 11.7. The molecule has 5 nitrogen and oxygen atoms in total. The Bertz CT molecular complexity index is 517. The number of carbonyl (C=O) groups excluding carboxylic acids is 1. The number of aliphatic hydroxyl groups excluding tert-OH is 1. The number of nitrogens with zero attached hydrogens (tertiary/aromatic N) is 2. The molecule has 0 spiro atoms. The van der Waals surface area contributed by atoms with Crippen LogP contribution in [0.1, 0.15) is 18.4 Å². The van der Waals surface area contributed by atoms with Crippen molar-refractivity contribution in [2.24, 2.45) is 5.92 Å². The zero-order chi connectivity index (χ0) is 16.8. The summed E-state index contributed by atoms with van der Waals surface area (Å²) in [5.41, 5.74) is 1.23. The van der Waals surface area contributed by atoms with Crippen LogP contribution >= 0.6 is 0 Å². The van der Waals surface area contributed by atoms with Crippen molar-refractivity contribution in [2.45, 2.75) is 25.4 Å². The summed E-state index contributed by atoms with van der Waals surface area (Å²) in [6.07, 6.45) is 1.76. The van der Waals surface area contributed by atoms with Crippen LogP contribution in [0.2, 0.25) is 0 Å². The van der Waals surface area contributed by atoms with Gasteiger partial charge in [0.15, 0.2) is 0 Å². The molecule has 1 aromatic carbocycles. The van der Waals surface area contributed by atoms with Crippen LogP contribution in [0.15, 0.2) is 30.3 Å². The molecule has 3 rings (SSSR count). The highest BCUT2D eigenvalue weighted by atomic mass is 16.5. The van der Waals surface area contributed by atoms with E-state index in [9.17, 15) is 9.90 Å². The summed E-state index contributed by atoms with van der Waals surface area (Å²) in [7, 11) is 0. The normalized spacial score (nSPS) is 25.6. The number of benzene rings is 1. The van der Waals surface area contributed by atoms with Crippen LogP contribution in [0, 0.1) is 5.92 Å². The standard InChI is InChI=1S/C19H28N2O3/c22-18-6-9-21(15-17(18)14-16-4-2-1-3-5-16)19(23)7-8-20-10-12-24-13-11-20/h1-5,17-18,22H,6-15H2/t17-,18+/m1/s1. The smallest absolute Gasteiger partial charge is 0.223 e. The van der Waals surface area contributed by atoms with Gasteiger partial charge in [0.1, 0.15) is 0 Å². The van der Waals surface area contributed by atoms with Gasteiger partial charge in [-0.25, -0.2) is 0 Å². The van der Waals surface area contributed by atoms with Crippen molar-refractivity contribution < 1.29 is 14.6 Å². The van der Waals surface area contributed by atoms with Crippen molar-refractivity contribution in [1.29, 1.82) is 0 Å². The van der Waals surface area contributed by atoms with Crippen LogP contribution in [0.5, 0.6) is 0 Å². The number of hydrogen-bond donors (Lipinski definition) is 1. The largest absolute Gasteiger partial charge is 0.393 e. The van der Waals surface area contributed by atoms with E-state index in [1.165, 1.54) is 5.56 Å². The Balaban J connectivity index is 1.49. The number of piperidine rings is 1. The van der Waals surface area contributed by atoms with Crippen LogP contribution in [0.3, 0.4) is 0 Å². The average molecular weight is 332 g/mol. The minimum absolute atomic E-state index is 0.133. The molecule has 1 amide bonds. The highest BCUT2D eigenvalue weighted by Gasteiger charge is 2.30. The molecule has 132 valence electrons. The van der Waals surface area contributed by atoms with Crippen molar-refractivity contribution in [2.75, 3.05) is 45.9 Å². The molecule has 0 aromatic heterocycles. The third-order valence-corrected chi connectivity index (χ3v) is 5.13. The van der Waals surface area contributed by atoms with Gasteiger partial charge in [0.25, 0.3) is 0 Å². The van der Waals surface area contributed by atoms with E-state index in [0.29, 0.717) is 25.9 Å². The van der Waals surface area contributed by atoms with Gasteiger partial charge in [0, 0.05) is 45.1 Å². The zero-order valence-corrected chi connectivity index (χ0v) is 14.3. The second kappa shape index (κ2) is 8.60. The minimum atomic E-state index is -0.312. The van der Waals surface area contributed by atoms with Gasteiger partial charge >= 0.3 is 0 Å². The fraction of sp³-hybridized carbons (Fsp3) is 0.632. The van der Waals surface area contributed by atoms with Crippen molar-refractivity contribution in [3.05, 3.63) is 35.9 Å². The van der Waals surface area contributed by atoms with Crippen LogP contribution in [-0.2, 0) is 16.0 Å². The number of hydrogen-bond acceptors (Lipinski definition) is 4. The highest BCUT2D eigenvalue weighted by molar-refractivity contribution is 5.76. The van der Waals surface area contributed by atoms with Gasteiger partial charge < -0.3 is 14.7 Å². The molecule has 2 fully saturated rings. The summed E-state index contributed by atoms with van der Waals surface area (Å²) in [4.78, 5) is 16.8. The Morgan fingerprint density at radius 3 is 2.67 bits per heavy atom. The molecule has 0 saturated carbocycles. The Hall–Kier alpha value is -1.43. The third kappa shape index (κ3) is 4.79. The van der Waals surface area contributed by atoms with Gasteiger partial charge in [0.05, 0.1) is 19.3 Å². The minimum Gasteiger partial charge on any atom is -0.393 e. The molecule has 2 heterocycles. The summed E-state index contributed by atoms with van der Waals surface area (Å²) in [6.45, 7) is 5.52. The summed E-state index contributed by atoms with van der Waals surface area (Å²) in [5.74, 6) is 0.347. The first-order valence-electron chi connectivity index (χ1n) is 9.02. The van der Waals surface area contributed by atoms with Gasteiger partial charge in [-0.2, -0.15) is 0 Å². The second-order valence-electron chi connectivity index (χ2n) is 6.85. The maximum absolute atomic E-state index is 12.5. The number of ether oxygens (including phenoxy) is 1. The number of amides is 1. The predicted molar refractivity (Wildman–Crippen MR) is 92.7 cm³/mol. The van der Waals surface area contributed by atoms with E-state index in [-0.39, 0.29) is 17.9 Å². The Morgan fingerprint density at radius 2 is 1.92 bits per heavy atom. The Labute approximate surface area is 144 Å². The number of likely N-dealkylation sites (tertiary alicyclic amines) is 1. The van der Waals surface area contributed by atoms with Gasteiger partial charge in [-0.15, -0.1) is 0 Å². The van der Waals surface area contributed by atoms with Crippen molar-refractivity contribution in [1.82, 2.24) is 9.80 Å². The summed E-state index contributed by atoms with van der Waals surface area (Å²) < 4.78 is 5.34. The lowest BCUT2D eigenvalue weighted by Crippen LogP contribution is -2.47. The molecule has 0 aliphatic carbocycles. The fourth-order valence-electron chi connectivity index (χ4n) is 3.60. The van der Waals surface area contributed by atoms with Crippen molar-refractivity contribution >= 4 is 5.91 Å². The number of morpholine rings is 1. The first kappa shape index (κ1) is 17.4. The third-order valence-electron chi connectivity index (χ3n) is 5.13. The van der Waals surface area contributed by atoms with E-state index in [1.807, 2.05) is 23.1 Å². The lowest BCUT2D eigenvalue weighted by Gasteiger charge is -2.37. The molecule has 5 heteroatoms. The van der Waals surface area contributed by atoms with E-state index in [1.54, 1.807) is 0 Å². The molecular weight excluding hydrogens is 304 g/mol. The van der Waals surface area contributed by atoms with E-state index in [4.69, 9.17) is 4.74 Å². The Kier molecular flexibility index (Phi) is 6.24. The van der Waals surface area contributed by atoms with E-state index in [2.05, 4.69) is 17.0 Å². The second-order valence-corrected chi connectivity index (χ2v) is 6.85. The van der Waals surface area contributed by atoms with Gasteiger partial charge in [0.2, 0.25) is 5.91 Å². The number of aliphatic hydroxyl groups is 1. The van der Waals surface area contributed by atoms with Gasteiger partial charge in [-0.3, -0.25) is 9.69 Å². The topological polar surface area (TPSA) is 53.0 Å². The van der Waals surface area contributed by atoms with E-state index >= 15 is 0 Å². The zero-order valence-electron chi connectivity index (χ0n) is 14.3. The molecule has 2 saturated heterocycles. The molecule has 2 aliphatic rings. The van der Waals surface area contributed by atoms with Crippen LogP contribution in [-0.4, -0.2) is 72.9 Å². The fourth-order valence-corrected chi connectivity index (χ4v) is 3.60. The van der Waals surface area contributed by atoms with E-state index in [0.717, 1.165) is 39.3 Å². The van der Waals surface area contributed by atoms with Crippen molar-refractivity contribution in [3.8, 4) is 0 Å². The molecule has 0 unspecified atom stereocenters. The molecule has 2 atom stereocenters. The molecule has 1 aromatic rings. The quantitative estimate of drug-likeness (QED) is 0.879. The predicted octanol–water partition coefficient (Wildman–Crippen LogP) is 1.16. The monoisotopic (exact) mass is 332 g/mol. The Morgan fingerprint density at radius 1 is 1.17 bits per heavy atom.